The van der Waals surface area contributed by atoms with Crippen LogP contribution in [0.25, 0.3) is 117 Å². The van der Waals surface area contributed by atoms with E-state index in [2.05, 4.69) is 295 Å². The Balaban J connectivity index is 0.691. The summed E-state index contributed by atoms with van der Waals surface area (Å²) >= 11 is 0. The van der Waals surface area contributed by atoms with Crippen molar-refractivity contribution in [3.8, 4) is 67.1 Å². The molecular formula is C96H70N2O4. The van der Waals surface area contributed by atoms with Crippen LogP contribution in [0.4, 0.5) is 22.7 Å². The monoisotopic (exact) mass is 1310 g/mol. The Morgan fingerprint density at radius 3 is 1.94 bits per heavy atom. The van der Waals surface area contributed by atoms with Crippen molar-refractivity contribution in [2.45, 2.75) is 37.1 Å². The second-order valence-electron chi connectivity index (χ2n) is 27.6. The van der Waals surface area contributed by atoms with Crippen molar-refractivity contribution in [2.24, 2.45) is 11.8 Å². The second-order valence-corrected chi connectivity index (χ2v) is 27.6. The number of hydrogen-bond donors (Lipinski definition) is 3. The number of fused-ring (bicyclic) bond motifs is 9. The Morgan fingerprint density at radius 1 is 0.451 bits per heavy atom. The topological polar surface area (TPSA) is 82.0 Å². The molecular weight excluding hydrogens is 1250 g/mol. The molecule has 0 fully saturated rings. The van der Waals surface area contributed by atoms with E-state index < -0.39 is 0 Å². The minimum Gasteiger partial charge on any atom is -0.507 e. The highest BCUT2D eigenvalue weighted by Crippen LogP contribution is 2.51. The van der Waals surface area contributed by atoms with Gasteiger partial charge in [0.2, 0.25) is 0 Å². The highest BCUT2D eigenvalue weighted by Gasteiger charge is 2.34. The first-order valence-electron chi connectivity index (χ1n) is 35.5. The van der Waals surface area contributed by atoms with Crippen LogP contribution in [0.5, 0.6) is 11.5 Å². The number of para-hydroxylation sites is 4. The first kappa shape index (κ1) is 60.5. The molecule has 5 unspecified atom stereocenters. The van der Waals surface area contributed by atoms with E-state index in [1.807, 2.05) is 48.5 Å². The molecule has 14 aromatic rings. The smallest absolute Gasteiger partial charge is 0.135 e. The van der Waals surface area contributed by atoms with E-state index in [9.17, 15) is 10.2 Å². The maximum atomic E-state index is 13.4. The van der Waals surface area contributed by atoms with Gasteiger partial charge in [0.05, 0.1) is 11.7 Å². The Labute approximate surface area is 592 Å². The van der Waals surface area contributed by atoms with Crippen LogP contribution < -0.4 is 20.9 Å². The number of allylic oxidation sites excluding steroid dienone is 12. The van der Waals surface area contributed by atoms with Crippen molar-refractivity contribution in [2.75, 3.05) is 10.2 Å². The van der Waals surface area contributed by atoms with Gasteiger partial charge >= 0.3 is 0 Å². The van der Waals surface area contributed by atoms with Gasteiger partial charge in [-0.05, 0) is 182 Å². The van der Waals surface area contributed by atoms with Crippen molar-refractivity contribution in [3.05, 3.63) is 366 Å². The number of rotatable bonds is 13. The van der Waals surface area contributed by atoms with E-state index in [1.165, 1.54) is 27.8 Å². The average Bonchev–Trinajstić information content (AvgIpc) is 1.06. The largest absolute Gasteiger partial charge is 0.507 e. The Morgan fingerprint density at radius 2 is 1.11 bits per heavy atom. The number of phenols is 2. The third kappa shape index (κ3) is 10.7. The van der Waals surface area contributed by atoms with Crippen molar-refractivity contribution >= 4 is 84.2 Å². The Hall–Kier alpha value is -12.6. The highest BCUT2D eigenvalue weighted by atomic mass is 16.3. The van der Waals surface area contributed by atoms with Crippen LogP contribution >= 0.6 is 0 Å². The van der Waals surface area contributed by atoms with Crippen molar-refractivity contribution in [1.82, 2.24) is 0 Å². The molecule has 6 nitrogen and oxygen atoms in total. The van der Waals surface area contributed by atoms with Gasteiger partial charge in [0, 0.05) is 84.4 Å². The van der Waals surface area contributed by atoms with Crippen LogP contribution in [0.3, 0.4) is 0 Å². The molecule has 5 atom stereocenters. The van der Waals surface area contributed by atoms with Crippen LogP contribution in [0.15, 0.2) is 348 Å². The minimum atomic E-state index is -0.195. The molecule has 0 saturated heterocycles. The van der Waals surface area contributed by atoms with Crippen molar-refractivity contribution in [1.29, 1.82) is 0 Å². The number of hydrogen-bond acceptors (Lipinski definition) is 6. The first-order valence-corrected chi connectivity index (χ1v) is 35.5. The molecule has 0 bridgehead atoms. The van der Waals surface area contributed by atoms with Crippen LogP contribution in [0.1, 0.15) is 47.8 Å². The summed E-state index contributed by atoms with van der Waals surface area (Å²) in [7, 11) is 0. The summed E-state index contributed by atoms with van der Waals surface area (Å²) in [5, 5.41) is 35.3. The summed E-state index contributed by atoms with van der Waals surface area (Å²) in [6, 6.07) is 91.6. The number of phenolic OH excluding ortho intramolecular Hbond substituents is 2. The summed E-state index contributed by atoms with van der Waals surface area (Å²) in [5.41, 5.74) is 24.3. The molecule has 3 N–H and O–H groups in total. The molecule has 0 spiro atoms. The van der Waals surface area contributed by atoms with Gasteiger partial charge in [-0.2, -0.15) is 0 Å². The average molecular weight is 1320 g/mol. The molecule has 0 saturated carbocycles. The molecule has 19 rings (SSSR count). The molecule has 5 aliphatic rings. The second kappa shape index (κ2) is 25.3. The molecule has 0 aliphatic heterocycles. The van der Waals surface area contributed by atoms with E-state index in [4.69, 9.17) is 8.83 Å². The lowest BCUT2D eigenvalue weighted by Crippen LogP contribution is -2.35. The fraction of sp³-hybridized carbons (Fsp3) is 0.0833. The van der Waals surface area contributed by atoms with Gasteiger partial charge in [-0.1, -0.05) is 255 Å². The standard InChI is InChI=1S/C96H70N2O4/c99-90-30-14-9-24-80(90)79-23-8-13-29-89(79)98(72-49-43-61(44-50-72)66-46-54-94-86(58-66)82-26-11-16-32-92(82)102-94)88-28-12-7-20-75(88)68-39-33-62-34-40-69(56-70(62)55-68)76-51-52-87(97-71-47-41-60(42-48-71)65-45-53-93-85(57-65)81-25-10-15-31-91(81)101-93)95(96(76)100)83-27-6-3-18-73(83)63-35-37-64(38-36-63)84-59-67-17-1-2-19-74(67)77-21-4-5-22-78(77)84/h2-16,18-44,46-59,65,75,77-78,88,97,99-100H,1,17,45H2. The van der Waals surface area contributed by atoms with Gasteiger partial charge in [-0.3, -0.25) is 0 Å². The molecule has 12 aromatic carbocycles. The van der Waals surface area contributed by atoms with Gasteiger partial charge in [0.25, 0.3) is 0 Å². The predicted octanol–water partition coefficient (Wildman–Crippen LogP) is 23.5. The zero-order valence-electron chi connectivity index (χ0n) is 56.0. The fourth-order valence-electron chi connectivity index (χ4n) is 16.6. The predicted molar refractivity (Wildman–Crippen MR) is 422 cm³/mol. The number of benzene rings is 12. The van der Waals surface area contributed by atoms with Gasteiger partial charge in [-0.15, -0.1) is 0 Å². The lowest BCUT2D eigenvalue weighted by Gasteiger charge is -2.38. The molecule has 5 aliphatic carbocycles. The summed E-state index contributed by atoms with van der Waals surface area (Å²) < 4.78 is 12.5. The van der Waals surface area contributed by atoms with E-state index in [1.54, 1.807) is 6.07 Å². The summed E-state index contributed by atoms with van der Waals surface area (Å²) in [5.74, 6) is 1.09. The summed E-state index contributed by atoms with van der Waals surface area (Å²) in [6.07, 6.45) is 32.8. The number of anilines is 4. The molecule has 2 aromatic heterocycles. The summed E-state index contributed by atoms with van der Waals surface area (Å²) in [4.78, 5) is 2.43. The zero-order chi connectivity index (χ0) is 67.8. The fourth-order valence-corrected chi connectivity index (χ4v) is 16.6. The lowest BCUT2D eigenvalue weighted by molar-refractivity contribution is 0.477. The van der Waals surface area contributed by atoms with Gasteiger partial charge in [-0.25, -0.2) is 0 Å². The molecule has 0 amide bonds. The van der Waals surface area contributed by atoms with Gasteiger partial charge < -0.3 is 29.3 Å². The van der Waals surface area contributed by atoms with E-state index in [-0.39, 0.29) is 35.3 Å². The van der Waals surface area contributed by atoms with Gasteiger partial charge in [0.1, 0.15) is 33.7 Å². The van der Waals surface area contributed by atoms with Crippen molar-refractivity contribution < 1.29 is 19.0 Å². The lowest BCUT2D eigenvalue weighted by atomic mass is 9.69. The SMILES string of the molecule is Oc1ccccc1-c1ccccc1N(c1ccc(-c2ccc3oc4ccccc4c3c2)cc1)C1C=CC=CC1c1ccc2ccc(-c3ccc(Nc4ccc(C5C=c6c(oc7ccccc67)=CC5)cc4)c(-c4ccccc4-c4ccc(C5=CC6=C(C=CCC6)C6C=CC=CC56)cc4)c3O)cc2c1. The van der Waals surface area contributed by atoms with Crippen molar-refractivity contribution in [3.63, 3.8) is 0 Å². The minimum absolute atomic E-state index is 0.108. The van der Waals surface area contributed by atoms with Crippen LogP contribution in [0, 0.1) is 11.8 Å². The first-order chi connectivity index (χ1) is 50.4. The third-order valence-corrected chi connectivity index (χ3v) is 21.7. The quantitative estimate of drug-likeness (QED) is 0.107. The molecule has 102 heavy (non-hydrogen) atoms. The number of nitrogens with one attached hydrogen (secondary N) is 1. The number of aromatic hydroxyl groups is 2. The molecule has 488 valence electrons. The maximum Gasteiger partial charge on any atom is 0.135 e. The number of furan rings is 2. The highest BCUT2D eigenvalue weighted by molar-refractivity contribution is 6.06. The normalized spacial score (nSPS) is 18.0. The third-order valence-electron chi connectivity index (χ3n) is 21.7. The van der Waals surface area contributed by atoms with Crippen LogP contribution in [-0.4, -0.2) is 16.3 Å². The van der Waals surface area contributed by atoms with Crippen LogP contribution in [0.2, 0.25) is 0 Å². The van der Waals surface area contributed by atoms with Crippen LogP contribution in [-0.2, 0) is 0 Å². The van der Waals surface area contributed by atoms with E-state index >= 15 is 0 Å². The Bertz CT molecular complexity index is 6070. The maximum absolute atomic E-state index is 13.4. The molecule has 0 radical (unpaired) electrons. The van der Waals surface area contributed by atoms with E-state index in [0.717, 1.165) is 152 Å². The zero-order valence-corrected chi connectivity index (χ0v) is 56.0. The van der Waals surface area contributed by atoms with Gasteiger partial charge in [0.15, 0.2) is 0 Å². The summed E-state index contributed by atoms with van der Waals surface area (Å²) in [6.45, 7) is 0. The molecule has 6 heteroatoms. The number of nitrogens with zero attached hydrogens (tertiary/aromatic N) is 1. The molecule has 2 heterocycles. The van der Waals surface area contributed by atoms with E-state index in [0.29, 0.717) is 11.5 Å². The Kier molecular flexibility index (Phi) is 15.0.